The molecule has 18 heavy (non-hydrogen) atoms. The fourth-order valence-corrected chi connectivity index (χ4v) is 3.62. The summed E-state index contributed by atoms with van der Waals surface area (Å²) in [5.74, 6) is 0.501. The zero-order chi connectivity index (χ0) is 12.2. The Balaban J connectivity index is 2.00. The maximum Gasteiger partial charge on any atom is 0.0426 e. The summed E-state index contributed by atoms with van der Waals surface area (Å²) in [4.78, 5) is 3.58. The first-order chi connectivity index (χ1) is 8.79. The van der Waals surface area contributed by atoms with Crippen LogP contribution in [0.3, 0.4) is 0 Å². The van der Waals surface area contributed by atoms with Crippen molar-refractivity contribution in [3.8, 4) is 0 Å². The van der Waals surface area contributed by atoms with Gasteiger partial charge in [0.2, 0.25) is 0 Å². The van der Waals surface area contributed by atoms with Crippen LogP contribution in [0.2, 0.25) is 0 Å². The van der Waals surface area contributed by atoms with Crippen molar-refractivity contribution in [1.82, 2.24) is 4.98 Å². The van der Waals surface area contributed by atoms with E-state index in [0.717, 1.165) is 0 Å². The highest BCUT2D eigenvalue weighted by atomic mass is 14.8. The van der Waals surface area contributed by atoms with Gasteiger partial charge in [0, 0.05) is 22.7 Å². The van der Waals surface area contributed by atoms with E-state index in [1.807, 2.05) is 0 Å². The summed E-state index contributed by atoms with van der Waals surface area (Å²) in [7, 11) is 0. The van der Waals surface area contributed by atoms with Crippen LogP contribution in [0.25, 0.3) is 12.2 Å². The Bertz CT molecular complexity index is 624. The molecular weight excluding hydrogens is 218 g/mol. The van der Waals surface area contributed by atoms with Gasteiger partial charge >= 0.3 is 0 Å². The smallest absolute Gasteiger partial charge is 0.0426 e. The van der Waals surface area contributed by atoms with Crippen molar-refractivity contribution in [3.05, 3.63) is 59.0 Å². The van der Waals surface area contributed by atoms with Gasteiger partial charge in [0.25, 0.3) is 0 Å². The van der Waals surface area contributed by atoms with Crippen molar-refractivity contribution < 1.29 is 0 Å². The number of H-pyrrole nitrogens is 1. The average Bonchev–Trinajstić information content (AvgIpc) is 2.77. The van der Waals surface area contributed by atoms with E-state index in [0.29, 0.717) is 5.92 Å². The number of hydrogen-bond acceptors (Lipinski definition) is 0. The Hall–Kier alpha value is -1.76. The normalized spacial score (nSPS) is 31.1. The summed E-state index contributed by atoms with van der Waals surface area (Å²) in [6.07, 6.45) is 20.5. The van der Waals surface area contributed by atoms with Crippen LogP contribution in [0, 0.1) is 5.92 Å². The number of hydrogen-bond donors (Lipinski definition) is 1. The van der Waals surface area contributed by atoms with Crippen LogP contribution >= 0.6 is 0 Å². The molecular formula is C17H17N. The predicted molar refractivity (Wildman–Crippen MR) is 76.3 cm³/mol. The average molecular weight is 235 g/mol. The molecule has 2 atom stereocenters. The molecule has 1 aromatic rings. The van der Waals surface area contributed by atoms with Crippen LogP contribution in [0.4, 0.5) is 0 Å². The minimum absolute atomic E-state index is 0.133. The number of rotatable bonds is 0. The third-order valence-electron chi connectivity index (χ3n) is 4.58. The lowest BCUT2D eigenvalue weighted by molar-refractivity contribution is 0.489. The molecule has 1 nitrogen and oxygen atoms in total. The van der Waals surface area contributed by atoms with Crippen molar-refractivity contribution >= 4 is 12.2 Å². The molecule has 1 heterocycles. The van der Waals surface area contributed by atoms with Crippen molar-refractivity contribution in [1.29, 1.82) is 0 Å². The van der Waals surface area contributed by atoms with E-state index in [4.69, 9.17) is 0 Å². The number of aromatic nitrogens is 1. The Morgan fingerprint density at radius 1 is 1.17 bits per heavy atom. The molecule has 3 aliphatic rings. The highest BCUT2D eigenvalue weighted by molar-refractivity contribution is 5.69. The molecule has 0 bridgehead atoms. The van der Waals surface area contributed by atoms with E-state index in [9.17, 15) is 0 Å². The van der Waals surface area contributed by atoms with Crippen molar-refractivity contribution in [2.45, 2.75) is 25.2 Å². The lowest BCUT2D eigenvalue weighted by Gasteiger charge is -2.37. The van der Waals surface area contributed by atoms with Gasteiger partial charge in [-0.15, -0.1) is 0 Å². The van der Waals surface area contributed by atoms with E-state index in [2.05, 4.69) is 60.5 Å². The maximum atomic E-state index is 3.58. The highest BCUT2D eigenvalue weighted by Crippen LogP contribution is 2.46. The zero-order valence-corrected chi connectivity index (χ0v) is 10.6. The van der Waals surface area contributed by atoms with Crippen LogP contribution in [-0.4, -0.2) is 4.98 Å². The van der Waals surface area contributed by atoms with Gasteiger partial charge in [-0.25, -0.2) is 0 Å². The molecule has 0 spiro atoms. The minimum atomic E-state index is 0.133. The molecule has 2 unspecified atom stereocenters. The van der Waals surface area contributed by atoms with Gasteiger partial charge in [0.1, 0.15) is 0 Å². The van der Waals surface area contributed by atoms with Crippen LogP contribution in [0.15, 0.2) is 36.5 Å². The predicted octanol–water partition coefficient (Wildman–Crippen LogP) is 4.00. The SMILES string of the molecule is CC12C=CC=CC1C=Cc1[nH]c3c(c12)CCC=C3. The topological polar surface area (TPSA) is 15.8 Å². The van der Waals surface area contributed by atoms with Crippen LogP contribution in [0.5, 0.6) is 0 Å². The molecule has 3 aliphatic carbocycles. The van der Waals surface area contributed by atoms with Crippen molar-refractivity contribution in [2.75, 3.05) is 0 Å². The standard InChI is InChI=1S/C17H17N/c1-17-11-5-4-6-12(17)9-10-15-16(17)13-7-2-3-8-14(13)18-15/h3-6,8-12,18H,2,7H2,1H3. The van der Waals surface area contributed by atoms with E-state index >= 15 is 0 Å². The molecule has 0 saturated heterocycles. The highest BCUT2D eigenvalue weighted by Gasteiger charge is 2.39. The molecule has 90 valence electrons. The first-order valence-corrected chi connectivity index (χ1v) is 6.75. The second kappa shape index (κ2) is 3.38. The van der Waals surface area contributed by atoms with Crippen LogP contribution in [-0.2, 0) is 11.8 Å². The summed E-state index contributed by atoms with van der Waals surface area (Å²) in [6, 6.07) is 0. The van der Waals surface area contributed by atoms with Gasteiger partial charge in [0.05, 0.1) is 0 Å². The summed E-state index contributed by atoms with van der Waals surface area (Å²) in [6.45, 7) is 2.37. The minimum Gasteiger partial charge on any atom is -0.355 e. The first kappa shape index (κ1) is 10.2. The summed E-state index contributed by atoms with van der Waals surface area (Å²) >= 11 is 0. The molecule has 0 amide bonds. The van der Waals surface area contributed by atoms with E-state index in [1.54, 1.807) is 0 Å². The van der Waals surface area contributed by atoms with E-state index in [1.165, 1.54) is 35.4 Å². The van der Waals surface area contributed by atoms with Gasteiger partial charge in [-0.2, -0.15) is 0 Å². The number of aromatic amines is 1. The fourth-order valence-electron chi connectivity index (χ4n) is 3.62. The second-order valence-electron chi connectivity index (χ2n) is 5.66. The monoisotopic (exact) mass is 235 g/mol. The Kier molecular flexibility index (Phi) is 1.91. The van der Waals surface area contributed by atoms with Crippen molar-refractivity contribution in [3.63, 3.8) is 0 Å². The summed E-state index contributed by atoms with van der Waals surface area (Å²) < 4.78 is 0. The first-order valence-electron chi connectivity index (χ1n) is 6.75. The molecule has 4 rings (SSSR count). The largest absolute Gasteiger partial charge is 0.355 e. The quantitative estimate of drug-likeness (QED) is 0.699. The number of nitrogens with one attached hydrogen (secondary N) is 1. The molecule has 0 aliphatic heterocycles. The van der Waals surface area contributed by atoms with E-state index in [-0.39, 0.29) is 5.41 Å². The van der Waals surface area contributed by atoms with Gasteiger partial charge < -0.3 is 4.98 Å². The molecule has 0 aromatic carbocycles. The van der Waals surface area contributed by atoms with Gasteiger partial charge in [-0.3, -0.25) is 0 Å². The maximum absolute atomic E-state index is 3.58. The van der Waals surface area contributed by atoms with Gasteiger partial charge in [-0.05, 0) is 36.1 Å². The number of allylic oxidation sites excluding steroid dienone is 6. The molecule has 0 radical (unpaired) electrons. The fraction of sp³-hybridized carbons (Fsp3) is 0.294. The van der Waals surface area contributed by atoms with Crippen molar-refractivity contribution in [2.24, 2.45) is 5.92 Å². The Labute approximate surface area is 108 Å². The number of fused-ring (bicyclic) bond motifs is 5. The second-order valence-corrected chi connectivity index (χ2v) is 5.66. The van der Waals surface area contributed by atoms with E-state index < -0.39 is 0 Å². The summed E-state index contributed by atoms with van der Waals surface area (Å²) in [5, 5.41) is 0. The molecule has 1 aromatic heterocycles. The third-order valence-corrected chi connectivity index (χ3v) is 4.58. The summed E-state index contributed by atoms with van der Waals surface area (Å²) in [5.41, 5.74) is 5.82. The molecule has 1 N–H and O–H groups in total. The zero-order valence-electron chi connectivity index (χ0n) is 10.6. The Morgan fingerprint density at radius 3 is 3.06 bits per heavy atom. The van der Waals surface area contributed by atoms with Gasteiger partial charge in [-0.1, -0.05) is 43.4 Å². The van der Waals surface area contributed by atoms with Crippen LogP contribution in [0.1, 0.15) is 35.9 Å². The lowest BCUT2D eigenvalue weighted by atomic mass is 9.65. The molecule has 0 saturated carbocycles. The third kappa shape index (κ3) is 1.17. The lowest BCUT2D eigenvalue weighted by Crippen LogP contribution is -2.32. The van der Waals surface area contributed by atoms with Crippen LogP contribution < -0.4 is 0 Å². The molecule has 0 fully saturated rings. The van der Waals surface area contributed by atoms with Gasteiger partial charge in [0.15, 0.2) is 0 Å². The Morgan fingerprint density at radius 2 is 2.11 bits per heavy atom. The molecule has 1 heteroatoms.